The van der Waals surface area contributed by atoms with Gasteiger partial charge in [0, 0.05) is 18.9 Å². The van der Waals surface area contributed by atoms with E-state index in [-0.39, 0.29) is 0 Å². The summed E-state index contributed by atoms with van der Waals surface area (Å²) in [6.45, 7) is 5.85. The number of nitrogens with one attached hydrogen (secondary N) is 1. The fraction of sp³-hybridized carbons (Fsp3) is 0.385. The molecule has 0 fully saturated rings. The van der Waals surface area contributed by atoms with Gasteiger partial charge in [-0.05, 0) is 44.4 Å². The third-order valence-electron chi connectivity index (χ3n) is 2.93. The van der Waals surface area contributed by atoms with Crippen molar-refractivity contribution in [2.45, 2.75) is 31.4 Å². The summed E-state index contributed by atoms with van der Waals surface area (Å²) in [5.74, 6) is 0. The van der Waals surface area contributed by atoms with Crippen molar-refractivity contribution in [3.63, 3.8) is 0 Å². The second kappa shape index (κ2) is 5.99. The van der Waals surface area contributed by atoms with Crippen molar-refractivity contribution in [2.24, 2.45) is 0 Å². The highest BCUT2D eigenvalue weighted by atomic mass is 32.2. The van der Waals surface area contributed by atoms with E-state index in [1.807, 2.05) is 13.0 Å². The summed E-state index contributed by atoms with van der Waals surface area (Å²) in [5, 5.41) is 0.757. The summed E-state index contributed by atoms with van der Waals surface area (Å²) < 4.78 is 27.3. The predicted molar refractivity (Wildman–Crippen MR) is 79.5 cm³/mol. The molecule has 0 unspecified atom stereocenters. The van der Waals surface area contributed by atoms with E-state index in [9.17, 15) is 8.42 Å². The fourth-order valence-corrected chi connectivity index (χ4v) is 4.49. The zero-order valence-electron chi connectivity index (χ0n) is 11.7. The zero-order chi connectivity index (χ0) is 14.8. The van der Waals surface area contributed by atoms with Gasteiger partial charge in [0.1, 0.15) is 0 Å². The molecule has 5 nitrogen and oxygen atoms in total. The minimum Gasteiger partial charge on any atom is -0.264 e. The van der Waals surface area contributed by atoms with Crippen LogP contribution in [0.4, 0.5) is 0 Å². The molecule has 2 aromatic rings. The molecule has 0 saturated heterocycles. The lowest BCUT2D eigenvalue weighted by Crippen LogP contribution is -2.26. The number of hydrogen-bond donors (Lipinski definition) is 1. The van der Waals surface area contributed by atoms with Crippen LogP contribution in [0.15, 0.2) is 22.7 Å². The molecule has 20 heavy (non-hydrogen) atoms. The summed E-state index contributed by atoms with van der Waals surface area (Å²) in [7, 11) is -3.46. The van der Waals surface area contributed by atoms with Gasteiger partial charge < -0.3 is 0 Å². The second-order valence-corrected chi connectivity index (χ2v) is 7.72. The fourth-order valence-electron chi connectivity index (χ4n) is 1.93. The average Bonchev–Trinajstić information content (AvgIpc) is 2.72. The van der Waals surface area contributed by atoms with Gasteiger partial charge in [-0.3, -0.25) is 4.98 Å². The number of aromatic nitrogens is 2. The minimum atomic E-state index is -3.46. The van der Waals surface area contributed by atoms with Gasteiger partial charge in [-0.25, -0.2) is 18.1 Å². The molecule has 0 spiro atoms. The molecule has 0 aliphatic rings. The lowest BCUT2D eigenvalue weighted by molar-refractivity contribution is 0.583. The molecular weight excluding hydrogens is 294 g/mol. The van der Waals surface area contributed by atoms with E-state index >= 15 is 0 Å². The Morgan fingerprint density at radius 3 is 2.65 bits per heavy atom. The molecule has 0 bridgehead atoms. The maximum absolute atomic E-state index is 12.2. The van der Waals surface area contributed by atoms with Crippen molar-refractivity contribution in [2.75, 3.05) is 6.54 Å². The second-order valence-electron chi connectivity index (χ2n) is 4.56. The lowest BCUT2D eigenvalue weighted by atomic mass is 10.1. The summed E-state index contributed by atoms with van der Waals surface area (Å²) in [6, 6.07) is 1.91. The van der Waals surface area contributed by atoms with Crippen LogP contribution in [-0.4, -0.2) is 24.9 Å². The van der Waals surface area contributed by atoms with E-state index < -0.39 is 10.0 Å². The van der Waals surface area contributed by atoms with Crippen molar-refractivity contribution < 1.29 is 8.42 Å². The number of pyridine rings is 1. The van der Waals surface area contributed by atoms with Gasteiger partial charge in [-0.2, -0.15) is 0 Å². The van der Waals surface area contributed by atoms with Crippen molar-refractivity contribution in [1.82, 2.24) is 14.7 Å². The molecule has 0 atom stereocenters. The Bertz CT molecular complexity index is 708. The van der Waals surface area contributed by atoms with Crippen LogP contribution in [-0.2, 0) is 16.4 Å². The Morgan fingerprint density at radius 2 is 2.05 bits per heavy atom. The summed E-state index contributed by atoms with van der Waals surface area (Å²) in [6.07, 6.45) is 4.14. The molecule has 7 heteroatoms. The van der Waals surface area contributed by atoms with E-state index in [0.29, 0.717) is 22.9 Å². The Kier molecular flexibility index (Phi) is 4.52. The van der Waals surface area contributed by atoms with Gasteiger partial charge >= 0.3 is 0 Å². The maximum atomic E-state index is 12.2. The number of aryl methyl sites for hydroxylation is 3. The van der Waals surface area contributed by atoms with Crippen LogP contribution < -0.4 is 4.72 Å². The van der Waals surface area contributed by atoms with E-state index in [0.717, 1.165) is 16.1 Å². The van der Waals surface area contributed by atoms with Gasteiger partial charge in [-0.1, -0.05) is 0 Å². The molecule has 2 heterocycles. The summed E-state index contributed by atoms with van der Waals surface area (Å²) in [4.78, 5) is 8.17. The molecule has 108 valence electrons. The standard InChI is InChI=1S/C13H17N3O2S2/c1-9-8-14-6-4-12(9)5-7-15-20(17,18)13-10(2)16-11(3)19-13/h4,6,8,15H,5,7H2,1-3H3. The molecule has 0 amide bonds. The normalized spacial score (nSPS) is 11.8. The third kappa shape index (κ3) is 3.41. The van der Waals surface area contributed by atoms with Crippen LogP contribution in [0, 0.1) is 20.8 Å². The van der Waals surface area contributed by atoms with Crippen molar-refractivity contribution in [3.8, 4) is 0 Å². The first-order chi connectivity index (χ1) is 9.40. The van der Waals surface area contributed by atoms with Gasteiger partial charge in [0.15, 0.2) is 4.21 Å². The van der Waals surface area contributed by atoms with Crippen LogP contribution in [0.3, 0.4) is 0 Å². The first kappa shape index (κ1) is 15.1. The lowest BCUT2D eigenvalue weighted by Gasteiger charge is -2.07. The number of rotatable bonds is 5. The van der Waals surface area contributed by atoms with Crippen molar-refractivity contribution >= 4 is 21.4 Å². The minimum absolute atomic E-state index is 0.307. The Hall–Kier alpha value is -1.31. The first-order valence-electron chi connectivity index (χ1n) is 6.23. The molecule has 2 rings (SSSR count). The van der Waals surface area contributed by atoms with E-state index in [1.54, 1.807) is 26.2 Å². The molecule has 0 aliphatic carbocycles. The molecule has 0 saturated carbocycles. The van der Waals surface area contributed by atoms with Crippen molar-refractivity contribution in [1.29, 1.82) is 0 Å². The SMILES string of the molecule is Cc1nc(C)c(S(=O)(=O)NCCc2ccncc2C)s1. The highest BCUT2D eigenvalue weighted by Gasteiger charge is 2.20. The van der Waals surface area contributed by atoms with Crippen molar-refractivity contribution in [3.05, 3.63) is 40.3 Å². The van der Waals surface area contributed by atoms with Gasteiger partial charge in [0.25, 0.3) is 10.0 Å². The van der Waals surface area contributed by atoms with E-state index in [1.165, 1.54) is 11.3 Å². The number of nitrogens with zero attached hydrogens (tertiary/aromatic N) is 2. The number of hydrogen-bond acceptors (Lipinski definition) is 5. The van der Waals surface area contributed by atoms with Gasteiger partial charge in [-0.15, -0.1) is 11.3 Å². The molecule has 0 radical (unpaired) electrons. The highest BCUT2D eigenvalue weighted by Crippen LogP contribution is 2.22. The number of sulfonamides is 1. The van der Waals surface area contributed by atoms with E-state index in [4.69, 9.17) is 0 Å². The first-order valence-corrected chi connectivity index (χ1v) is 8.53. The van der Waals surface area contributed by atoms with E-state index in [2.05, 4.69) is 14.7 Å². The van der Waals surface area contributed by atoms with Gasteiger partial charge in [0.05, 0.1) is 10.7 Å². The quantitative estimate of drug-likeness (QED) is 0.916. The number of thiazole rings is 1. The molecule has 1 N–H and O–H groups in total. The monoisotopic (exact) mass is 311 g/mol. The Labute approximate surface area is 123 Å². The van der Waals surface area contributed by atoms with Crippen LogP contribution in [0.2, 0.25) is 0 Å². The average molecular weight is 311 g/mol. The molecule has 0 aliphatic heterocycles. The topological polar surface area (TPSA) is 72.0 Å². The zero-order valence-corrected chi connectivity index (χ0v) is 13.3. The largest absolute Gasteiger partial charge is 0.264 e. The third-order valence-corrected chi connectivity index (χ3v) is 6.07. The summed E-state index contributed by atoms with van der Waals surface area (Å²) in [5.41, 5.74) is 2.72. The Balaban J connectivity index is 2.04. The Morgan fingerprint density at radius 1 is 1.30 bits per heavy atom. The highest BCUT2D eigenvalue weighted by molar-refractivity contribution is 7.91. The van der Waals surface area contributed by atoms with Crippen LogP contribution in [0.1, 0.15) is 21.8 Å². The molecular formula is C13H17N3O2S2. The maximum Gasteiger partial charge on any atom is 0.251 e. The van der Waals surface area contributed by atoms with Crippen LogP contribution in [0.5, 0.6) is 0 Å². The smallest absolute Gasteiger partial charge is 0.251 e. The summed E-state index contributed by atoms with van der Waals surface area (Å²) >= 11 is 1.20. The molecule has 2 aromatic heterocycles. The molecule has 0 aromatic carbocycles. The van der Waals surface area contributed by atoms with Gasteiger partial charge in [0.2, 0.25) is 0 Å². The van der Waals surface area contributed by atoms with Crippen LogP contribution >= 0.6 is 11.3 Å². The van der Waals surface area contributed by atoms with Crippen LogP contribution in [0.25, 0.3) is 0 Å². The predicted octanol–water partition coefficient (Wildman–Crippen LogP) is 1.98.